The summed E-state index contributed by atoms with van der Waals surface area (Å²) in [5.41, 5.74) is 3.11. The molecule has 0 saturated heterocycles. The molecule has 1 unspecified atom stereocenters. The molecule has 2 rings (SSSR count). The van der Waals surface area contributed by atoms with E-state index in [0.29, 0.717) is 0 Å². The van der Waals surface area contributed by atoms with E-state index in [4.69, 9.17) is 0 Å². The molecule has 0 amide bonds. The minimum absolute atomic E-state index is 0.471. The molecule has 100 valence electrons. The number of aromatic nitrogens is 1. The van der Waals surface area contributed by atoms with E-state index < -0.39 is 6.10 Å². The van der Waals surface area contributed by atoms with Gasteiger partial charge in [0.05, 0.1) is 6.10 Å². The Morgan fingerprint density at radius 2 is 2.00 bits per heavy atom. The Labute approximate surface area is 122 Å². The number of benzene rings is 1. The molecule has 2 aromatic rings. The van der Waals surface area contributed by atoms with E-state index in [9.17, 15) is 5.11 Å². The predicted molar refractivity (Wildman–Crippen MR) is 81.1 cm³/mol. The zero-order valence-corrected chi connectivity index (χ0v) is 12.6. The SMILES string of the molecule is CC(O)c1ccccc1N(C)Cc1ccc(Br)nc1. The van der Waals surface area contributed by atoms with Crippen LogP contribution in [-0.2, 0) is 6.54 Å². The Morgan fingerprint density at radius 3 is 2.63 bits per heavy atom. The van der Waals surface area contributed by atoms with E-state index >= 15 is 0 Å². The van der Waals surface area contributed by atoms with Gasteiger partial charge in [0.2, 0.25) is 0 Å². The number of aliphatic hydroxyl groups excluding tert-OH is 1. The highest BCUT2D eigenvalue weighted by molar-refractivity contribution is 9.10. The van der Waals surface area contributed by atoms with Gasteiger partial charge in [0.15, 0.2) is 0 Å². The standard InChI is InChI=1S/C15H17BrN2O/c1-11(19)13-5-3-4-6-14(13)18(2)10-12-7-8-15(16)17-9-12/h3-9,11,19H,10H2,1-2H3. The Morgan fingerprint density at radius 1 is 1.26 bits per heavy atom. The van der Waals surface area contributed by atoms with Gasteiger partial charge in [-0.05, 0) is 40.5 Å². The Kier molecular flexibility index (Phi) is 4.56. The van der Waals surface area contributed by atoms with Crippen LogP contribution in [0.2, 0.25) is 0 Å². The van der Waals surface area contributed by atoms with Crippen molar-refractivity contribution in [2.24, 2.45) is 0 Å². The molecular weight excluding hydrogens is 304 g/mol. The number of aliphatic hydroxyl groups is 1. The van der Waals surface area contributed by atoms with Gasteiger partial charge in [-0.3, -0.25) is 0 Å². The van der Waals surface area contributed by atoms with Crippen LogP contribution in [0.3, 0.4) is 0 Å². The highest BCUT2D eigenvalue weighted by atomic mass is 79.9. The summed E-state index contributed by atoms with van der Waals surface area (Å²) in [6.07, 6.45) is 1.38. The van der Waals surface area contributed by atoms with Crippen LogP contribution < -0.4 is 4.90 Å². The Bertz CT molecular complexity index is 540. The smallest absolute Gasteiger partial charge is 0.106 e. The van der Waals surface area contributed by atoms with Crippen molar-refractivity contribution in [2.45, 2.75) is 19.6 Å². The summed E-state index contributed by atoms with van der Waals surface area (Å²) in [5.74, 6) is 0. The molecule has 1 aromatic carbocycles. The van der Waals surface area contributed by atoms with E-state index in [1.807, 2.05) is 49.6 Å². The maximum absolute atomic E-state index is 9.81. The number of halogens is 1. The van der Waals surface area contributed by atoms with E-state index in [-0.39, 0.29) is 0 Å². The van der Waals surface area contributed by atoms with Crippen molar-refractivity contribution >= 4 is 21.6 Å². The average Bonchev–Trinajstić information content (AvgIpc) is 2.41. The van der Waals surface area contributed by atoms with Crippen molar-refractivity contribution in [3.8, 4) is 0 Å². The zero-order chi connectivity index (χ0) is 13.8. The van der Waals surface area contributed by atoms with Gasteiger partial charge in [0.1, 0.15) is 4.60 Å². The highest BCUT2D eigenvalue weighted by Gasteiger charge is 2.11. The molecule has 3 nitrogen and oxygen atoms in total. The number of anilines is 1. The number of hydrogen-bond donors (Lipinski definition) is 1. The quantitative estimate of drug-likeness (QED) is 0.875. The lowest BCUT2D eigenvalue weighted by molar-refractivity contribution is 0.199. The molecule has 0 aliphatic heterocycles. The summed E-state index contributed by atoms with van der Waals surface area (Å²) < 4.78 is 0.836. The molecule has 1 heterocycles. The minimum atomic E-state index is -0.471. The van der Waals surface area contributed by atoms with Crippen LogP contribution in [0.5, 0.6) is 0 Å². The predicted octanol–water partition coefficient (Wildman–Crippen LogP) is 3.53. The fourth-order valence-electron chi connectivity index (χ4n) is 2.05. The van der Waals surface area contributed by atoms with Gasteiger partial charge < -0.3 is 10.0 Å². The summed E-state index contributed by atoms with van der Waals surface area (Å²) in [6, 6.07) is 11.9. The number of para-hydroxylation sites is 1. The van der Waals surface area contributed by atoms with E-state index in [0.717, 1.165) is 28.0 Å². The van der Waals surface area contributed by atoms with Gasteiger partial charge in [0.25, 0.3) is 0 Å². The first-order chi connectivity index (χ1) is 9.08. The molecule has 1 atom stereocenters. The van der Waals surface area contributed by atoms with Crippen molar-refractivity contribution in [3.05, 3.63) is 58.3 Å². The second-order valence-electron chi connectivity index (χ2n) is 4.58. The topological polar surface area (TPSA) is 36.4 Å². The second kappa shape index (κ2) is 6.17. The molecule has 0 radical (unpaired) electrons. The van der Waals surface area contributed by atoms with Gasteiger partial charge in [-0.25, -0.2) is 4.98 Å². The zero-order valence-electron chi connectivity index (χ0n) is 11.0. The van der Waals surface area contributed by atoms with Crippen molar-refractivity contribution in [2.75, 3.05) is 11.9 Å². The highest BCUT2D eigenvalue weighted by Crippen LogP contribution is 2.26. The Hall–Kier alpha value is -1.39. The third-order valence-corrected chi connectivity index (χ3v) is 3.48. The fourth-order valence-corrected chi connectivity index (χ4v) is 2.28. The molecule has 19 heavy (non-hydrogen) atoms. The normalized spacial score (nSPS) is 12.2. The van der Waals surface area contributed by atoms with Crippen LogP contribution in [-0.4, -0.2) is 17.1 Å². The lowest BCUT2D eigenvalue weighted by Crippen LogP contribution is -2.18. The third-order valence-electron chi connectivity index (χ3n) is 3.01. The number of pyridine rings is 1. The number of hydrogen-bond acceptors (Lipinski definition) is 3. The number of rotatable bonds is 4. The van der Waals surface area contributed by atoms with E-state index in [2.05, 4.69) is 25.8 Å². The molecule has 1 N–H and O–H groups in total. The van der Waals surface area contributed by atoms with Crippen LogP contribution >= 0.6 is 15.9 Å². The van der Waals surface area contributed by atoms with Crippen LogP contribution in [0.4, 0.5) is 5.69 Å². The second-order valence-corrected chi connectivity index (χ2v) is 5.39. The molecule has 0 bridgehead atoms. The van der Waals surface area contributed by atoms with Crippen molar-refractivity contribution in [1.29, 1.82) is 0 Å². The molecule has 0 saturated carbocycles. The maximum atomic E-state index is 9.81. The van der Waals surface area contributed by atoms with E-state index in [1.165, 1.54) is 0 Å². The first-order valence-electron chi connectivity index (χ1n) is 6.16. The summed E-state index contributed by atoms with van der Waals surface area (Å²) in [6.45, 7) is 2.54. The first kappa shape index (κ1) is 14.0. The third kappa shape index (κ3) is 3.55. The van der Waals surface area contributed by atoms with Crippen LogP contribution in [0.15, 0.2) is 47.2 Å². The Balaban J connectivity index is 2.20. The van der Waals surface area contributed by atoms with E-state index in [1.54, 1.807) is 6.92 Å². The van der Waals surface area contributed by atoms with Crippen molar-refractivity contribution < 1.29 is 5.11 Å². The summed E-state index contributed by atoms with van der Waals surface area (Å²) >= 11 is 3.33. The number of nitrogens with zero attached hydrogens (tertiary/aromatic N) is 2. The molecule has 1 aromatic heterocycles. The summed E-state index contributed by atoms with van der Waals surface area (Å²) in [7, 11) is 2.02. The molecular formula is C15H17BrN2O. The van der Waals surface area contributed by atoms with Gasteiger partial charge in [0, 0.05) is 31.0 Å². The minimum Gasteiger partial charge on any atom is -0.389 e. The summed E-state index contributed by atoms with van der Waals surface area (Å²) in [5, 5.41) is 9.81. The fraction of sp³-hybridized carbons (Fsp3) is 0.267. The molecule has 4 heteroatoms. The molecule has 0 fully saturated rings. The van der Waals surface area contributed by atoms with Crippen LogP contribution in [0, 0.1) is 0 Å². The lowest BCUT2D eigenvalue weighted by atomic mass is 10.1. The van der Waals surface area contributed by atoms with Crippen LogP contribution in [0.25, 0.3) is 0 Å². The molecule has 0 spiro atoms. The molecule has 0 aliphatic rings. The average molecular weight is 321 g/mol. The van der Waals surface area contributed by atoms with Gasteiger partial charge >= 0.3 is 0 Å². The van der Waals surface area contributed by atoms with Crippen LogP contribution in [0.1, 0.15) is 24.2 Å². The van der Waals surface area contributed by atoms with Crippen molar-refractivity contribution in [1.82, 2.24) is 4.98 Å². The molecule has 0 aliphatic carbocycles. The summed E-state index contributed by atoms with van der Waals surface area (Å²) in [4.78, 5) is 6.34. The van der Waals surface area contributed by atoms with Gasteiger partial charge in [-0.15, -0.1) is 0 Å². The monoisotopic (exact) mass is 320 g/mol. The van der Waals surface area contributed by atoms with Crippen molar-refractivity contribution in [3.63, 3.8) is 0 Å². The van der Waals surface area contributed by atoms with Gasteiger partial charge in [-0.2, -0.15) is 0 Å². The first-order valence-corrected chi connectivity index (χ1v) is 6.96. The maximum Gasteiger partial charge on any atom is 0.106 e. The lowest BCUT2D eigenvalue weighted by Gasteiger charge is -2.23. The van der Waals surface area contributed by atoms with Gasteiger partial charge in [-0.1, -0.05) is 24.3 Å². The largest absolute Gasteiger partial charge is 0.389 e.